The zero-order valence-electron chi connectivity index (χ0n) is 28.6. The van der Waals surface area contributed by atoms with E-state index >= 15 is 0 Å². The normalized spacial score (nSPS) is 21.4. The molecule has 0 fully saturated rings. The highest BCUT2D eigenvalue weighted by Crippen LogP contribution is 2.49. The molecule has 1 aromatic heterocycles. The van der Waals surface area contributed by atoms with Gasteiger partial charge in [-0.15, -0.1) is 11.3 Å². The van der Waals surface area contributed by atoms with E-state index in [1.807, 2.05) is 11.3 Å². The van der Waals surface area contributed by atoms with Crippen LogP contribution < -0.4 is 0 Å². The van der Waals surface area contributed by atoms with Gasteiger partial charge in [0, 0.05) is 20.2 Å². The smallest absolute Gasteiger partial charge is 0.0430 e. The van der Waals surface area contributed by atoms with Gasteiger partial charge in [-0.25, -0.2) is 0 Å². The van der Waals surface area contributed by atoms with Crippen LogP contribution in [0.1, 0.15) is 85.1 Å². The van der Waals surface area contributed by atoms with Gasteiger partial charge in [-0.05, 0) is 142 Å². The monoisotopic (exact) mass is 662 g/mol. The van der Waals surface area contributed by atoms with Gasteiger partial charge in [0.2, 0.25) is 0 Å². The van der Waals surface area contributed by atoms with Crippen molar-refractivity contribution in [3.63, 3.8) is 0 Å². The topological polar surface area (TPSA) is 0 Å². The molecule has 0 spiro atoms. The third-order valence-corrected chi connectivity index (χ3v) is 13.1. The van der Waals surface area contributed by atoms with E-state index in [4.69, 9.17) is 0 Å². The first kappa shape index (κ1) is 30.1. The molecule has 2 unspecified atom stereocenters. The first-order chi connectivity index (χ1) is 24.8. The minimum atomic E-state index is 0.520. The van der Waals surface area contributed by atoms with Crippen LogP contribution in [0.5, 0.6) is 0 Å². The Morgan fingerprint density at radius 1 is 0.600 bits per heavy atom. The van der Waals surface area contributed by atoms with Crippen LogP contribution in [0.2, 0.25) is 0 Å². The Kier molecular flexibility index (Phi) is 7.57. The summed E-state index contributed by atoms with van der Waals surface area (Å²) >= 11 is 1.95. The number of hydrogen-bond acceptors (Lipinski definition) is 1. The number of rotatable bonds is 5. The summed E-state index contributed by atoms with van der Waals surface area (Å²) in [5.41, 5.74) is 15.1. The molecule has 0 bridgehead atoms. The van der Waals surface area contributed by atoms with Crippen molar-refractivity contribution in [1.29, 1.82) is 0 Å². The largest absolute Gasteiger partial charge is 0.135 e. The molecule has 0 aliphatic heterocycles. The average Bonchev–Trinajstić information content (AvgIpc) is 3.58. The summed E-state index contributed by atoms with van der Waals surface area (Å²) in [5, 5.41) is 5.59. The molecular weight excluding hydrogens is 621 g/mol. The highest BCUT2D eigenvalue weighted by Gasteiger charge is 2.32. The SMILES string of the molecule is C1=CCCC(C2=CC(C3=CCCC=C3)=CCC2CC2CC=Cc3c2c2c(c4ccccc34)C=C(c3cccc4c3sc3ccccc34)CC2)=C1. The molecule has 5 aromatic rings. The Bertz CT molecular complexity index is 2460. The molecule has 50 heavy (non-hydrogen) atoms. The van der Waals surface area contributed by atoms with Crippen molar-refractivity contribution in [1.82, 2.24) is 0 Å². The minimum absolute atomic E-state index is 0.520. The Morgan fingerprint density at radius 2 is 1.46 bits per heavy atom. The van der Waals surface area contributed by atoms with E-state index in [1.165, 1.54) is 70.8 Å². The summed E-state index contributed by atoms with van der Waals surface area (Å²) in [5.74, 6) is 1.06. The van der Waals surface area contributed by atoms with Crippen molar-refractivity contribution in [2.24, 2.45) is 5.92 Å². The van der Waals surface area contributed by atoms with E-state index in [0.717, 1.165) is 51.4 Å². The zero-order valence-corrected chi connectivity index (χ0v) is 29.4. The Morgan fingerprint density at radius 3 is 2.32 bits per heavy atom. The average molecular weight is 663 g/mol. The van der Waals surface area contributed by atoms with Crippen molar-refractivity contribution in [3.8, 4) is 0 Å². The summed E-state index contributed by atoms with van der Waals surface area (Å²) in [4.78, 5) is 0. The Labute approximate surface area is 299 Å². The summed E-state index contributed by atoms with van der Waals surface area (Å²) in [7, 11) is 0. The van der Waals surface area contributed by atoms with Crippen LogP contribution >= 0.6 is 11.3 Å². The molecular formula is C49H42S. The van der Waals surface area contributed by atoms with E-state index in [2.05, 4.69) is 134 Å². The fraction of sp³-hybridized carbons (Fsp3) is 0.224. The fourth-order valence-corrected chi connectivity index (χ4v) is 10.8. The molecule has 0 amide bonds. The quantitative estimate of drug-likeness (QED) is 0.176. The summed E-state index contributed by atoms with van der Waals surface area (Å²) in [6, 6.07) is 25.1. The molecule has 0 saturated carbocycles. The predicted octanol–water partition coefficient (Wildman–Crippen LogP) is 14.0. The second-order valence-corrected chi connectivity index (χ2v) is 15.8. The van der Waals surface area contributed by atoms with Crippen LogP contribution in [0.4, 0.5) is 0 Å². The predicted molar refractivity (Wildman–Crippen MR) is 218 cm³/mol. The van der Waals surface area contributed by atoms with Crippen LogP contribution in [0.3, 0.4) is 0 Å². The van der Waals surface area contributed by atoms with Crippen LogP contribution in [-0.4, -0.2) is 0 Å². The lowest BCUT2D eigenvalue weighted by atomic mass is 9.70. The molecule has 10 rings (SSSR count). The molecule has 5 aliphatic carbocycles. The maximum absolute atomic E-state index is 2.58. The second-order valence-electron chi connectivity index (χ2n) is 14.8. The van der Waals surface area contributed by atoms with E-state index in [1.54, 1.807) is 22.3 Å². The van der Waals surface area contributed by atoms with Crippen molar-refractivity contribution < 1.29 is 0 Å². The van der Waals surface area contributed by atoms with E-state index in [9.17, 15) is 0 Å². The van der Waals surface area contributed by atoms with Crippen LogP contribution in [-0.2, 0) is 6.42 Å². The lowest BCUT2D eigenvalue weighted by Crippen LogP contribution is -2.19. The van der Waals surface area contributed by atoms with E-state index in [-0.39, 0.29) is 0 Å². The molecule has 5 aliphatic rings. The molecule has 244 valence electrons. The summed E-state index contributed by atoms with van der Waals surface area (Å²) in [6.45, 7) is 0. The van der Waals surface area contributed by atoms with Crippen molar-refractivity contribution >= 4 is 60.0 Å². The van der Waals surface area contributed by atoms with E-state index < -0.39 is 0 Å². The van der Waals surface area contributed by atoms with Crippen LogP contribution in [0.15, 0.2) is 144 Å². The van der Waals surface area contributed by atoms with Gasteiger partial charge in [0.1, 0.15) is 0 Å². The van der Waals surface area contributed by atoms with Gasteiger partial charge in [0.15, 0.2) is 0 Å². The Balaban J connectivity index is 1.07. The lowest BCUT2D eigenvalue weighted by molar-refractivity contribution is 0.484. The maximum atomic E-state index is 2.58. The maximum Gasteiger partial charge on any atom is 0.0430 e. The number of thiophene rings is 1. The van der Waals surface area contributed by atoms with Crippen molar-refractivity contribution in [3.05, 3.63) is 172 Å². The standard InChI is InChI=1S/C49H42S/c1-3-13-32(14-4-1)34-25-26-35(45(30-34)33-15-5-2-6-16-33)29-37-17-11-22-42-39-18-7-8-19-40(39)46-31-36(27-28-43(46)48(37)42)38-21-12-23-44-41-20-9-10-24-47(41)50-49(38)44/h2-3,5,7-15,18-25,30-31,35,37H,1,4,6,16-17,26-29H2. The highest BCUT2D eigenvalue weighted by molar-refractivity contribution is 7.26. The summed E-state index contributed by atoms with van der Waals surface area (Å²) in [6.07, 6.45) is 37.1. The minimum Gasteiger partial charge on any atom is -0.135 e. The van der Waals surface area contributed by atoms with Crippen LogP contribution in [0.25, 0.3) is 48.7 Å². The van der Waals surface area contributed by atoms with Crippen molar-refractivity contribution in [2.75, 3.05) is 0 Å². The first-order valence-electron chi connectivity index (χ1n) is 18.8. The highest BCUT2D eigenvalue weighted by atomic mass is 32.1. The third-order valence-electron chi connectivity index (χ3n) is 11.9. The molecule has 0 nitrogen and oxygen atoms in total. The zero-order chi connectivity index (χ0) is 33.0. The van der Waals surface area contributed by atoms with Gasteiger partial charge >= 0.3 is 0 Å². The lowest BCUT2D eigenvalue weighted by Gasteiger charge is -2.34. The van der Waals surface area contributed by atoms with Crippen LogP contribution in [0, 0.1) is 5.92 Å². The van der Waals surface area contributed by atoms with Gasteiger partial charge in [0.25, 0.3) is 0 Å². The number of allylic oxidation sites excluding steroid dienone is 14. The molecule has 0 N–H and O–H groups in total. The van der Waals surface area contributed by atoms with Crippen molar-refractivity contribution in [2.45, 2.75) is 63.7 Å². The second kappa shape index (κ2) is 12.6. The van der Waals surface area contributed by atoms with Gasteiger partial charge in [-0.1, -0.05) is 127 Å². The van der Waals surface area contributed by atoms with Gasteiger partial charge in [-0.2, -0.15) is 0 Å². The van der Waals surface area contributed by atoms with Gasteiger partial charge < -0.3 is 0 Å². The van der Waals surface area contributed by atoms with Gasteiger partial charge in [0.05, 0.1) is 0 Å². The molecule has 1 heterocycles. The molecule has 1 heteroatoms. The first-order valence-corrected chi connectivity index (χ1v) is 19.6. The number of benzene rings is 4. The van der Waals surface area contributed by atoms with E-state index in [0.29, 0.717) is 11.8 Å². The third kappa shape index (κ3) is 5.09. The molecule has 0 radical (unpaired) electrons. The molecule has 2 atom stereocenters. The van der Waals surface area contributed by atoms with Gasteiger partial charge in [-0.3, -0.25) is 0 Å². The number of fused-ring (bicyclic) bond motifs is 9. The Hall–Kier alpha value is -4.72. The summed E-state index contributed by atoms with van der Waals surface area (Å²) < 4.78 is 2.81. The molecule has 0 saturated heterocycles. The fourth-order valence-electron chi connectivity index (χ4n) is 9.58. The number of hydrogen-bond donors (Lipinski definition) is 0. The molecule has 4 aromatic carbocycles.